The molecule has 2 aliphatic rings. The molecule has 2 heterocycles. The van der Waals surface area contributed by atoms with E-state index in [0.717, 1.165) is 23.5 Å². The fourth-order valence-electron chi connectivity index (χ4n) is 5.17. The van der Waals surface area contributed by atoms with Crippen molar-refractivity contribution in [2.75, 3.05) is 36.0 Å². The molecule has 0 saturated carbocycles. The van der Waals surface area contributed by atoms with Gasteiger partial charge in [-0.1, -0.05) is 32.9 Å². The summed E-state index contributed by atoms with van der Waals surface area (Å²) in [5.41, 5.74) is 1.48. The van der Waals surface area contributed by atoms with Gasteiger partial charge in [0.05, 0.1) is 16.9 Å². The highest BCUT2D eigenvalue weighted by Gasteiger charge is 2.52. The summed E-state index contributed by atoms with van der Waals surface area (Å²) in [4.78, 5) is 30.5. The summed E-state index contributed by atoms with van der Waals surface area (Å²) < 4.78 is 13.4. The van der Waals surface area contributed by atoms with Crippen LogP contribution < -0.4 is 15.1 Å². The molecule has 0 aliphatic carbocycles. The third kappa shape index (κ3) is 4.10. The molecule has 1 unspecified atom stereocenters. The molecule has 2 aliphatic heterocycles. The Kier molecular flexibility index (Phi) is 5.95. The first-order valence-corrected chi connectivity index (χ1v) is 11.3. The molecule has 7 nitrogen and oxygen atoms in total. The lowest BCUT2D eigenvalue weighted by atomic mass is 9.71. The monoisotopic (exact) mass is 454 g/mol. The van der Waals surface area contributed by atoms with E-state index in [1.807, 2.05) is 45.0 Å². The van der Waals surface area contributed by atoms with Gasteiger partial charge < -0.3 is 20.2 Å². The van der Waals surface area contributed by atoms with Crippen molar-refractivity contribution < 1.29 is 19.1 Å². The van der Waals surface area contributed by atoms with Crippen molar-refractivity contribution >= 4 is 29.2 Å². The maximum atomic E-state index is 13.4. The van der Waals surface area contributed by atoms with Gasteiger partial charge in [-0.15, -0.1) is 0 Å². The molecule has 1 atom stereocenters. The first-order valence-electron chi connectivity index (χ1n) is 11.3. The Morgan fingerprint density at radius 2 is 1.70 bits per heavy atom. The van der Waals surface area contributed by atoms with Crippen molar-refractivity contribution in [2.24, 2.45) is 5.41 Å². The number of fused-ring (bicyclic) bond motifs is 1. The highest BCUT2D eigenvalue weighted by atomic mass is 19.1. The third-order valence-electron chi connectivity index (χ3n) is 7.04. The summed E-state index contributed by atoms with van der Waals surface area (Å²) in [5, 5.41) is 12.8. The fourth-order valence-corrected chi connectivity index (χ4v) is 5.17. The summed E-state index contributed by atoms with van der Waals surface area (Å²) in [6, 6.07) is 13.7. The van der Waals surface area contributed by atoms with Crippen molar-refractivity contribution in [3.8, 4) is 0 Å². The maximum Gasteiger partial charge on any atom is 0.407 e. The summed E-state index contributed by atoms with van der Waals surface area (Å²) in [5.74, 6) is -0.292. The number of anilines is 3. The van der Waals surface area contributed by atoms with Crippen LogP contribution in [-0.2, 0) is 0 Å². The van der Waals surface area contributed by atoms with Crippen LogP contribution in [0.25, 0.3) is 0 Å². The second-order valence-electron chi connectivity index (χ2n) is 9.75. The minimum atomic E-state index is -0.949. The van der Waals surface area contributed by atoms with Gasteiger partial charge in [0.25, 0.3) is 0 Å². The Morgan fingerprint density at radius 3 is 2.33 bits per heavy atom. The SMILES string of the molecule is CC(C)(C)C1(CNC(=O)N2CCN(c3ccc(F)cc3)c3ccccc32)CCCN1C(=O)O. The Balaban J connectivity index is 1.56. The van der Waals surface area contributed by atoms with Crippen LogP contribution in [0.2, 0.25) is 0 Å². The number of para-hydroxylation sites is 2. The molecule has 2 aromatic rings. The van der Waals surface area contributed by atoms with E-state index in [-0.39, 0.29) is 23.8 Å². The largest absolute Gasteiger partial charge is 0.465 e. The number of hydrogen-bond acceptors (Lipinski definition) is 3. The first kappa shape index (κ1) is 22.9. The van der Waals surface area contributed by atoms with Crippen molar-refractivity contribution in [3.63, 3.8) is 0 Å². The second kappa shape index (κ2) is 8.57. The molecule has 4 rings (SSSR count). The molecule has 1 saturated heterocycles. The lowest BCUT2D eigenvalue weighted by Crippen LogP contribution is -2.62. The van der Waals surface area contributed by atoms with Crippen LogP contribution in [0.15, 0.2) is 48.5 Å². The van der Waals surface area contributed by atoms with Gasteiger partial charge in [-0.05, 0) is 54.7 Å². The van der Waals surface area contributed by atoms with Crippen LogP contribution in [0.3, 0.4) is 0 Å². The number of hydrogen-bond donors (Lipinski definition) is 2. The lowest BCUT2D eigenvalue weighted by molar-refractivity contribution is 0.0326. The van der Waals surface area contributed by atoms with Gasteiger partial charge >= 0.3 is 12.1 Å². The van der Waals surface area contributed by atoms with Gasteiger partial charge in [0.2, 0.25) is 0 Å². The number of halogens is 1. The number of amides is 3. The summed E-state index contributed by atoms with van der Waals surface area (Å²) in [6.45, 7) is 7.81. The average molecular weight is 455 g/mol. The summed E-state index contributed by atoms with van der Waals surface area (Å²) in [6.07, 6.45) is 0.534. The molecule has 0 aromatic heterocycles. The molecule has 0 spiro atoms. The van der Waals surface area contributed by atoms with Crippen molar-refractivity contribution in [3.05, 3.63) is 54.3 Å². The summed E-state index contributed by atoms with van der Waals surface area (Å²) in [7, 11) is 0. The van der Waals surface area contributed by atoms with Crippen LogP contribution >= 0.6 is 0 Å². The second-order valence-corrected chi connectivity index (χ2v) is 9.75. The van der Waals surface area contributed by atoms with Gasteiger partial charge in [0, 0.05) is 31.9 Å². The van der Waals surface area contributed by atoms with E-state index >= 15 is 0 Å². The van der Waals surface area contributed by atoms with Crippen molar-refractivity contribution in [1.29, 1.82) is 0 Å². The van der Waals surface area contributed by atoms with E-state index in [1.54, 1.807) is 17.0 Å². The predicted molar refractivity (Wildman–Crippen MR) is 127 cm³/mol. The number of benzene rings is 2. The first-order chi connectivity index (χ1) is 15.6. The number of urea groups is 1. The number of nitrogens with zero attached hydrogens (tertiary/aromatic N) is 3. The minimum absolute atomic E-state index is 0.248. The molecule has 0 bridgehead atoms. The zero-order valence-corrected chi connectivity index (χ0v) is 19.3. The van der Waals surface area contributed by atoms with Gasteiger partial charge in [-0.2, -0.15) is 0 Å². The van der Waals surface area contributed by atoms with E-state index in [2.05, 4.69) is 10.2 Å². The third-order valence-corrected chi connectivity index (χ3v) is 7.04. The Morgan fingerprint density at radius 1 is 1.03 bits per heavy atom. The van der Waals surface area contributed by atoms with Crippen molar-refractivity contribution in [2.45, 2.75) is 39.2 Å². The smallest absolute Gasteiger partial charge is 0.407 e. The Hall–Kier alpha value is -3.29. The number of likely N-dealkylation sites (tertiary alicyclic amines) is 1. The number of nitrogens with one attached hydrogen (secondary N) is 1. The van der Waals surface area contributed by atoms with E-state index in [0.29, 0.717) is 26.1 Å². The van der Waals surface area contributed by atoms with Crippen LogP contribution in [0, 0.1) is 11.2 Å². The molecule has 0 radical (unpaired) electrons. The van der Waals surface area contributed by atoms with Crippen LogP contribution in [0.1, 0.15) is 33.6 Å². The Bertz CT molecular complexity index is 1040. The van der Waals surface area contributed by atoms with E-state index in [9.17, 15) is 19.1 Å². The zero-order chi connectivity index (χ0) is 23.8. The van der Waals surface area contributed by atoms with E-state index in [1.165, 1.54) is 17.0 Å². The quantitative estimate of drug-likeness (QED) is 0.680. The van der Waals surface area contributed by atoms with Crippen molar-refractivity contribution in [1.82, 2.24) is 10.2 Å². The molecule has 176 valence electrons. The van der Waals surface area contributed by atoms with Gasteiger partial charge in [-0.3, -0.25) is 4.90 Å². The van der Waals surface area contributed by atoms with Gasteiger partial charge in [0.1, 0.15) is 5.82 Å². The highest BCUT2D eigenvalue weighted by Crippen LogP contribution is 2.43. The maximum absolute atomic E-state index is 13.4. The highest BCUT2D eigenvalue weighted by molar-refractivity contribution is 5.98. The number of carbonyl (C=O) groups excluding carboxylic acids is 1. The van der Waals surface area contributed by atoms with Crippen LogP contribution in [0.5, 0.6) is 0 Å². The molecular formula is C25H31FN4O3. The number of rotatable bonds is 3. The zero-order valence-electron chi connectivity index (χ0n) is 19.3. The average Bonchev–Trinajstić information content (AvgIpc) is 3.23. The van der Waals surface area contributed by atoms with Gasteiger partial charge in [0.15, 0.2) is 0 Å². The molecule has 3 amide bonds. The molecule has 1 fully saturated rings. The molecule has 2 N–H and O–H groups in total. The lowest BCUT2D eigenvalue weighted by Gasteiger charge is -2.47. The van der Waals surface area contributed by atoms with Crippen LogP contribution in [0.4, 0.5) is 31.0 Å². The van der Waals surface area contributed by atoms with Gasteiger partial charge in [-0.25, -0.2) is 14.0 Å². The van der Waals surface area contributed by atoms with E-state index in [4.69, 9.17) is 0 Å². The topological polar surface area (TPSA) is 76.1 Å². The molecule has 8 heteroatoms. The predicted octanol–water partition coefficient (Wildman–Crippen LogP) is 5.05. The number of carboxylic acid groups (broad SMARTS) is 1. The Labute approximate surface area is 193 Å². The normalized spacial score (nSPS) is 20.5. The number of carbonyl (C=O) groups is 2. The fraction of sp³-hybridized carbons (Fsp3) is 0.440. The molecule has 2 aromatic carbocycles. The van der Waals surface area contributed by atoms with E-state index < -0.39 is 11.6 Å². The van der Waals surface area contributed by atoms with Crippen LogP contribution in [-0.4, -0.2) is 53.8 Å². The summed E-state index contributed by atoms with van der Waals surface area (Å²) >= 11 is 0. The standard InChI is InChI=1S/C25H31FN4O3/c1-24(2,3)25(13-6-14-30(25)23(32)33)17-27-22(31)29-16-15-28(19-11-9-18(26)10-12-19)20-7-4-5-8-21(20)29/h4-5,7-12H,6,13-17H2,1-3H3,(H,27,31)(H,32,33). The molecule has 33 heavy (non-hydrogen) atoms. The minimum Gasteiger partial charge on any atom is -0.465 e. The molecular weight excluding hydrogens is 423 g/mol.